The molecule has 0 aliphatic rings. The summed E-state index contributed by atoms with van der Waals surface area (Å²) in [5, 5.41) is 0. The first kappa shape index (κ1) is 19.1. The topological polar surface area (TPSA) is 59.2 Å². The van der Waals surface area contributed by atoms with Crippen molar-refractivity contribution in [3.63, 3.8) is 0 Å². The third-order valence-electron chi connectivity index (χ3n) is 3.66. The lowest BCUT2D eigenvalue weighted by Gasteiger charge is -2.10. The first-order chi connectivity index (χ1) is 12.4. The number of aromatic amines is 1. The summed E-state index contributed by atoms with van der Waals surface area (Å²) in [5.41, 5.74) is 1.95. The van der Waals surface area contributed by atoms with Crippen LogP contribution in [0.4, 0.5) is 0 Å². The molecule has 132 valence electrons. The van der Waals surface area contributed by atoms with Gasteiger partial charge in [0.15, 0.2) is 0 Å². The number of H-pyrrole nitrogens is 1. The molecule has 1 heterocycles. The predicted molar refractivity (Wildman–Crippen MR) is 110 cm³/mol. The maximum atomic E-state index is 13.0. The van der Waals surface area contributed by atoms with Gasteiger partial charge in [-0.05, 0) is 79.0 Å². The SMILES string of the molecule is Cc1ccc(OC(=O)c2ccccc2)c(C(=O)c2[nH]c(Br)c(Br)c2Br)c1. The van der Waals surface area contributed by atoms with Gasteiger partial charge in [-0.1, -0.05) is 29.8 Å². The molecular weight excluding hydrogens is 530 g/mol. The number of hydrogen-bond donors (Lipinski definition) is 1. The highest BCUT2D eigenvalue weighted by molar-refractivity contribution is 9.14. The predicted octanol–water partition coefficient (Wildman–Crippen LogP) is 6.06. The Balaban J connectivity index is 1.99. The number of aryl methyl sites for hydroxylation is 1. The third kappa shape index (κ3) is 3.84. The van der Waals surface area contributed by atoms with Gasteiger partial charge in [0.1, 0.15) is 11.4 Å². The third-order valence-corrected chi connectivity index (χ3v) is 6.90. The fourth-order valence-electron chi connectivity index (χ4n) is 2.36. The molecule has 0 saturated heterocycles. The average Bonchev–Trinajstić information content (AvgIpc) is 2.90. The van der Waals surface area contributed by atoms with Gasteiger partial charge >= 0.3 is 5.97 Å². The Morgan fingerprint density at radius 3 is 2.27 bits per heavy atom. The molecular formula is C19H12Br3NO3. The van der Waals surface area contributed by atoms with E-state index in [1.54, 1.807) is 42.5 Å². The van der Waals surface area contributed by atoms with Gasteiger partial charge in [0.05, 0.1) is 24.7 Å². The van der Waals surface area contributed by atoms with Crippen molar-refractivity contribution in [2.24, 2.45) is 0 Å². The van der Waals surface area contributed by atoms with Crippen LogP contribution in [0.25, 0.3) is 0 Å². The van der Waals surface area contributed by atoms with E-state index in [1.165, 1.54) is 0 Å². The molecule has 3 aromatic rings. The van der Waals surface area contributed by atoms with Crippen LogP contribution >= 0.6 is 47.8 Å². The van der Waals surface area contributed by atoms with E-state index in [0.29, 0.717) is 30.4 Å². The number of hydrogen-bond acceptors (Lipinski definition) is 3. The van der Waals surface area contributed by atoms with E-state index in [4.69, 9.17) is 4.74 Å². The van der Waals surface area contributed by atoms with Crippen LogP contribution in [0.2, 0.25) is 0 Å². The second-order valence-electron chi connectivity index (χ2n) is 5.53. The van der Waals surface area contributed by atoms with E-state index in [-0.39, 0.29) is 11.5 Å². The molecule has 7 heteroatoms. The highest BCUT2D eigenvalue weighted by Gasteiger charge is 2.23. The largest absolute Gasteiger partial charge is 0.422 e. The van der Waals surface area contributed by atoms with E-state index < -0.39 is 5.97 Å². The van der Waals surface area contributed by atoms with Crippen molar-refractivity contribution in [1.82, 2.24) is 4.98 Å². The maximum Gasteiger partial charge on any atom is 0.343 e. The molecule has 0 amide bonds. The monoisotopic (exact) mass is 539 g/mol. The summed E-state index contributed by atoms with van der Waals surface area (Å²) in [6, 6.07) is 13.8. The highest BCUT2D eigenvalue weighted by Crippen LogP contribution is 2.36. The number of ketones is 1. The average molecular weight is 542 g/mol. The van der Waals surface area contributed by atoms with Crippen molar-refractivity contribution >= 4 is 59.5 Å². The Morgan fingerprint density at radius 1 is 0.962 bits per heavy atom. The number of rotatable bonds is 4. The van der Waals surface area contributed by atoms with Crippen molar-refractivity contribution in [1.29, 1.82) is 0 Å². The van der Waals surface area contributed by atoms with Crippen molar-refractivity contribution in [2.75, 3.05) is 0 Å². The zero-order valence-electron chi connectivity index (χ0n) is 13.5. The molecule has 26 heavy (non-hydrogen) atoms. The molecule has 0 atom stereocenters. The van der Waals surface area contributed by atoms with Gasteiger partial charge < -0.3 is 9.72 Å². The van der Waals surface area contributed by atoms with Crippen LogP contribution in [0.3, 0.4) is 0 Å². The number of benzene rings is 2. The first-order valence-electron chi connectivity index (χ1n) is 7.53. The number of aromatic nitrogens is 1. The normalized spacial score (nSPS) is 10.6. The van der Waals surface area contributed by atoms with Crippen LogP contribution in [0.5, 0.6) is 5.75 Å². The Hall–Kier alpha value is -1.70. The van der Waals surface area contributed by atoms with Crippen molar-refractivity contribution in [3.05, 3.63) is 84.5 Å². The molecule has 0 aliphatic carbocycles. The van der Waals surface area contributed by atoms with Gasteiger partial charge in [0.25, 0.3) is 0 Å². The van der Waals surface area contributed by atoms with Crippen LogP contribution in [-0.2, 0) is 0 Å². The highest BCUT2D eigenvalue weighted by atomic mass is 79.9. The lowest BCUT2D eigenvalue weighted by molar-refractivity contribution is 0.0733. The van der Waals surface area contributed by atoms with Crippen LogP contribution in [0, 0.1) is 6.92 Å². The smallest absolute Gasteiger partial charge is 0.343 e. The Kier molecular flexibility index (Phi) is 5.79. The summed E-state index contributed by atoms with van der Waals surface area (Å²) < 4.78 is 7.43. The summed E-state index contributed by atoms with van der Waals surface area (Å²) in [5.74, 6) is -0.595. The minimum Gasteiger partial charge on any atom is -0.422 e. The zero-order valence-corrected chi connectivity index (χ0v) is 18.2. The van der Waals surface area contributed by atoms with E-state index in [1.807, 2.05) is 13.0 Å². The van der Waals surface area contributed by atoms with Gasteiger partial charge in [-0.2, -0.15) is 0 Å². The number of esters is 1. The summed E-state index contributed by atoms with van der Waals surface area (Å²) in [4.78, 5) is 28.4. The van der Waals surface area contributed by atoms with Gasteiger partial charge in [-0.15, -0.1) is 0 Å². The molecule has 0 radical (unpaired) electrons. The number of carbonyl (C=O) groups is 2. The molecule has 0 fully saturated rings. The van der Waals surface area contributed by atoms with Crippen LogP contribution < -0.4 is 4.74 Å². The summed E-state index contributed by atoms with van der Waals surface area (Å²) >= 11 is 10.1. The molecule has 2 aromatic carbocycles. The van der Waals surface area contributed by atoms with Crippen LogP contribution in [0.15, 0.2) is 62.1 Å². The van der Waals surface area contributed by atoms with Gasteiger partial charge in [-0.25, -0.2) is 4.79 Å². The fraction of sp³-hybridized carbons (Fsp3) is 0.0526. The molecule has 0 spiro atoms. The van der Waals surface area contributed by atoms with E-state index >= 15 is 0 Å². The number of nitrogens with one attached hydrogen (secondary N) is 1. The van der Waals surface area contributed by atoms with Gasteiger partial charge in [-0.3, -0.25) is 4.79 Å². The van der Waals surface area contributed by atoms with E-state index in [9.17, 15) is 9.59 Å². The van der Waals surface area contributed by atoms with E-state index in [0.717, 1.165) is 5.56 Å². The molecule has 4 nitrogen and oxygen atoms in total. The molecule has 1 N–H and O–H groups in total. The standard InChI is InChI=1S/C19H12Br3NO3/c1-10-7-8-13(26-19(25)11-5-3-2-4-6-11)12(9-10)17(24)16-14(20)15(21)18(22)23-16/h2-9,23H,1H3. The lowest BCUT2D eigenvalue weighted by Crippen LogP contribution is -2.12. The molecule has 3 rings (SSSR count). The Morgan fingerprint density at radius 2 is 1.65 bits per heavy atom. The van der Waals surface area contributed by atoms with E-state index in [2.05, 4.69) is 52.8 Å². The number of carbonyl (C=O) groups excluding carboxylic acids is 2. The number of ether oxygens (including phenoxy) is 1. The Labute approximate surface area is 175 Å². The quantitative estimate of drug-likeness (QED) is 0.248. The fourth-order valence-corrected chi connectivity index (χ4v) is 3.80. The molecule has 0 saturated carbocycles. The minimum absolute atomic E-state index is 0.211. The summed E-state index contributed by atoms with van der Waals surface area (Å²) in [6.07, 6.45) is 0. The first-order valence-corrected chi connectivity index (χ1v) is 9.91. The Bertz CT molecular complexity index is 997. The van der Waals surface area contributed by atoms with Gasteiger partial charge in [0.2, 0.25) is 5.78 Å². The van der Waals surface area contributed by atoms with Crippen molar-refractivity contribution in [2.45, 2.75) is 6.92 Å². The number of halogens is 3. The van der Waals surface area contributed by atoms with Gasteiger partial charge in [0, 0.05) is 0 Å². The van der Waals surface area contributed by atoms with Crippen molar-refractivity contribution in [3.8, 4) is 5.75 Å². The maximum absolute atomic E-state index is 13.0. The minimum atomic E-state index is -0.517. The summed E-state index contributed by atoms with van der Waals surface area (Å²) in [6.45, 7) is 1.87. The van der Waals surface area contributed by atoms with Crippen LogP contribution in [0.1, 0.15) is 32.0 Å². The lowest BCUT2D eigenvalue weighted by atomic mass is 10.0. The zero-order chi connectivity index (χ0) is 18.8. The van der Waals surface area contributed by atoms with Crippen molar-refractivity contribution < 1.29 is 14.3 Å². The molecule has 0 bridgehead atoms. The van der Waals surface area contributed by atoms with Crippen LogP contribution in [-0.4, -0.2) is 16.7 Å². The molecule has 0 unspecified atom stereocenters. The second kappa shape index (κ2) is 7.90. The second-order valence-corrected chi connectivity index (χ2v) is 7.91. The molecule has 0 aliphatic heterocycles. The molecule has 1 aromatic heterocycles. The summed E-state index contributed by atoms with van der Waals surface area (Å²) in [7, 11) is 0.